The molecule has 94 valence electrons. The first-order valence-corrected chi connectivity index (χ1v) is 5.38. The lowest BCUT2D eigenvalue weighted by atomic mass is 10.2. The van der Waals surface area contributed by atoms with Crippen LogP contribution in [0.2, 0.25) is 0 Å². The summed E-state index contributed by atoms with van der Waals surface area (Å²) in [5.41, 5.74) is 4.14. The predicted octanol–water partition coefficient (Wildman–Crippen LogP) is 1.84. The van der Waals surface area contributed by atoms with Crippen molar-refractivity contribution in [1.82, 2.24) is 4.90 Å². The van der Waals surface area contributed by atoms with Crippen molar-refractivity contribution in [1.29, 1.82) is 0 Å². The van der Waals surface area contributed by atoms with Crippen molar-refractivity contribution in [2.75, 3.05) is 20.1 Å². The van der Waals surface area contributed by atoms with Crippen molar-refractivity contribution in [3.05, 3.63) is 0 Å². The third-order valence-electron chi connectivity index (χ3n) is 1.76. The largest absolute Gasteiger partial charge is 0.444 e. The van der Waals surface area contributed by atoms with Crippen molar-refractivity contribution in [3.8, 4) is 12.8 Å². The molecule has 16 heavy (non-hydrogen) atoms. The zero-order valence-corrected chi connectivity index (χ0v) is 10.8. The number of carbonyl (C=O) groups excluding carboxylic acids is 1. The van der Waals surface area contributed by atoms with Crippen LogP contribution < -0.4 is 5.73 Å². The van der Waals surface area contributed by atoms with Gasteiger partial charge in [-0.2, -0.15) is 0 Å². The number of ether oxygens (including phenoxy) is 1. The lowest BCUT2D eigenvalue weighted by molar-refractivity contribution is 0.0295. The van der Waals surface area contributed by atoms with E-state index >= 15 is 0 Å². The van der Waals surface area contributed by atoms with Crippen molar-refractivity contribution in [2.24, 2.45) is 5.73 Å². The van der Waals surface area contributed by atoms with E-state index in [0.717, 1.165) is 25.9 Å². The summed E-state index contributed by atoms with van der Waals surface area (Å²) >= 11 is 0. The molecule has 0 atom stereocenters. The quantitative estimate of drug-likeness (QED) is 0.644. The molecule has 0 radical (unpaired) electrons. The smallest absolute Gasteiger partial charge is 0.410 e. The zero-order valence-electron chi connectivity index (χ0n) is 10.8. The van der Waals surface area contributed by atoms with Crippen LogP contribution in [0.5, 0.6) is 0 Å². The average Bonchev–Trinajstić information content (AvgIpc) is 2.74. The minimum Gasteiger partial charge on any atom is -0.444 e. The molecule has 0 aromatic carbocycles. The van der Waals surface area contributed by atoms with E-state index in [1.54, 1.807) is 4.90 Å². The molecule has 0 aromatic rings. The van der Waals surface area contributed by atoms with Crippen LogP contribution in [0.1, 0.15) is 33.6 Å². The molecule has 1 rings (SSSR count). The number of nitrogens with zero attached hydrogens (tertiary/aromatic N) is 1. The Bertz CT molecular complexity index is 201. The molecule has 0 aliphatic carbocycles. The van der Waals surface area contributed by atoms with Gasteiger partial charge in [0.1, 0.15) is 5.60 Å². The summed E-state index contributed by atoms with van der Waals surface area (Å²) in [6.07, 6.45) is 10.1. The first-order chi connectivity index (χ1) is 7.49. The van der Waals surface area contributed by atoms with Crippen molar-refractivity contribution < 1.29 is 9.53 Å². The summed E-state index contributed by atoms with van der Waals surface area (Å²) < 4.78 is 5.21. The standard InChI is InChI=1S/C9H17NO2.C2H2.CH5N/c1-9(2,3)12-8(11)10-6-4-5-7-10;2*1-2/h4-7H2,1-3H3;1-2H;2H2,1H3. The van der Waals surface area contributed by atoms with E-state index in [9.17, 15) is 4.79 Å². The lowest BCUT2D eigenvalue weighted by Crippen LogP contribution is -2.34. The number of nitrogens with two attached hydrogens (primary N) is 1. The maximum atomic E-state index is 11.4. The number of hydrogen-bond donors (Lipinski definition) is 1. The van der Waals surface area contributed by atoms with E-state index in [0.29, 0.717) is 0 Å². The second-order valence-electron chi connectivity index (χ2n) is 4.17. The molecular weight excluding hydrogens is 204 g/mol. The Morgan fingerprint density at radius 3 is 1.88 bits per heavy atom. The van der Waals surface area contributed by atoms with Crippen molar-refractivity contribution in [3.63, 3.8) is 0 Å². The summed E-state index contributed by atoms with van der Waals surface area (Å²) in [6, 6.07) is 0. The van der Waals surface area contributed by atoms with Crippen LogP contribution in [-0.2, 0) is 4.74 Å². The molecule has 0 bridgehead atoms. The Kier molecular flexibility index (Phi) is 9.72. The Morgan fingerprint density at radius 2 is 1.56 bits per heavy atom. The first kappa shape index (κ1) is 17.2. The molecule has 1 amide bonds. The van der Waals surface area contributed by atoms with Gasteiger partial charge in [0.05, 0.1) is 0 Å². The fraction of sp³-hybridized carbons (Fsp3) is 0.750. The fourth-order valence-corrected chi connectivity index (χ4v) is 1.23. The van der Waals surface area contributed by atoms with Crippen LogP contribution in [0.4, 0.5) is 4.79 Å². The summed E-state index contributed by atoms with van der Waals surface area (Å²) in [5.74, 6) is 0. The number of likely N-dealkylation sites (tertiary alicyclic amines) is 1. The Labute approximate surface area is 99.1 Å². The minimum absolute atomic E-state index is 0.167. The molecule has 1 heterocycles. The number of hydrogen-bond acceptors (Lipinski definition) is 3. The third kappa shape index (κ3) is 8.13. The van der Waals surface area contributed by atoms with Crippen LogP contribution >= 0.6 is 0 Å². The minimum atomic E-state index is -0.361. The van der Waals surface area contributed by atoms with Gasteiger partial charge in [-0.1, -0.05) is 0 Å². The lowest BCUT2D eigenvalue weighted by Gasteiger charge is -2.23. The number of carbonyl (C=O) groups is 1. The highest BCUT2D eigenvalue weighted by molar-refractivity contribution is 5.68. The van der Waals surface area contributed by atoms with Crippen LogP contribution in [-0.4, -0.2) is 36.7 Å². The molecule has 4 nitrogen and oxygen atoms in total. The fourth-order valence-electron chi connectivity index (χ4n) is 1.23. The van der Waals surface area contributed by atoms with E-state index in [1.165, 1.54) is 7.05 Å². The van der Waals surface area contributed by atoms with E-state index in [2.05, 4.69) is 18.6 Å². The highest BCUT2D eigenvalue weighted by Crippen LogP contribution is 2.14. The summed E-state index contributed by atoms with van der Waals surface area (Å²) in [7, 11) is 1.50. The van der Waals surface area contributed by atoms with Gasteiger partial charge in [-0.3, -0.25) is 0 Å². The van der Waals surface area contributed by atoms with E-state index in [1.807, 2.05) is 20.8 Å². The SMILES string of the molecule is C#C.CC(C)(C)OC(=O)N1CCCC1.CN. The molecule has 1 fully saturated rings. The van der Waals surface area contributed by atoms with Gasteiger partial charge in [0.25, 0.3) is 0 Å². The van der Waals surface area contributed by atoms with Gasteiger partial charge in [0.15, 0.2) is 0 Å². The molecule has 0 spiro atoms. The van der Waals surface area contributed by atoms with E-state index in [-0.39, 0.29) is 11.7 Å². The van der Waals surface area contributed by atoms with Gasteiger partial charge < -0.3 is 15.4 Å². The molecule has 0 unspecified atom stereocenters. The number of amides is 1. The first-order valence-electron chi connectivity index (χ1n) is 5.38. The van der Waals surface area contributed by atoms with Gasteiger partial charge in [0, 0.05) is 13.1 Å². The van der Waals surface area contributed by atoms with Gasteiger partial charge in [0.2, 0.25) is 0 Å². The third-order valence-corrected chi connectivity index (χ3v) is 1.76. The van der Waals surface area contributed by atoms with Gasteiger partial charge in [-0.05, 0) is 40.7 Å². The Hall–Kier alpha value is -1.21. The summed E-state index contributed by atoms with van der Waals surface area (Å²) in [6.45, 7) is 7.38. The van der Waals surface area contributed by atoms with Gasteiger partial charge >= 0.3 is 6.09 Å². The summed E-state index contributed by atoms with van der Waals surface area (Å²) in [4.78, 5) is 13.1. The monoisotopic (exact) mass is 228 g/mol. The molecule has 4 heteroatoms. The van der Waals surface area contributed by atoms with Crippen LogP contribution in [0.25, 0.3) is 0 Å². The molecule has 1 saturated heterocycles. The zero-order chi connectivity index (χ0) is 13.2. The van der Waals surface area contributed by atoms with Crippen LogP contribution in [0.15, 0.2) is 0 Å². The van der Waals surface area contributed by atoms with Gasteiger partial charge in [-0.15, -0.1) is 12.8 Å². The van der Waals surface area contributed by atoms with Crippen LogP contribution in [0.3, 0.4) is 0 Å². The second-order valence-corrected chi connectivity index (χ2v) is 4.17. The van der Waals surface area contributed by atoms with Crippen molar-refractivity contribution >= 4 is 6.09 Å². The van der Waals surface area contributed by atoms with Crippen molar-refractivity contribution in [2.45, 2.75) is 39.2 Å². The predicted molar refractivity (Wildman–Crippen MR) is 67.0 cm³/mol. The second kappa shape index (κ2) is 9.05. The molecule has 0 aromatic heterocycles. The number of terminal acetylenes is 1. The molecule has 0 saturated carbocycles. The molecule has 1 aliphatic rings. The Morgan fingerprint density at radius 1 is 1.19 bits per heavy atom. The number of rotatable bonds is 0. The van der Waals surface area contributed by atoms with E-state index < -0.39 is 0 Å². The van der Waals surface area contributed by atoms with Gasteiger partial charge in [-0.25, -0.2) is 4.79 Å². The maximum absolute atomic E-state index is 11.4. The summed E-state index contributed by atoms with van der Waals surface area (Å²) in [5, 5.41) is 0. The highest BCUT2D eigenvalue weighted by Gasteiger charge is 2.23. The molecular formula is C12H24N2O2. The molecule has 1 aliphatic heterocycles. The average molecular weight is 228 g/mol. The topological polar surface area (TPSA) is 55.6 Å². The highest BCUT2D eigenvalue weighted by atomic mass is 16.6. The van der Waals surface area contributed by atoms with E-state index in [4.69, 9.17) is 4.74 Å². The Balaban J connectivity index is 0. The maximum Gasteiger partial charge on any atom is 0.410 e. The molecule has 2 N–H and O–H groups in total. The van der Waals surface area contributed by atoms with Crippen LogP contribution in [0, 0.1) is 12.8 Å². The normalized spacial score (nSPS) is 14.1.